The number of rotatable bonds is 6. The van der Waals surface area contributed by atoms with E-state index < -0.39 is 0 Å². The predicted molar refractivity (Wildman–Crippen MR) is 91.9 cm³/mol. The fraction of sp³-hybridized carbons (Fsp3) is 0.500. The van der Waals surface area contributed by atoms with Crippen LogP contribution in [0.5, 0.6) is 11.5 Å². The summed E-state index contributed by atoms with van der Waals surface area (Å²) >= 11 is 5.35. The molecule has 1 aromatic carbocycles. The Morgan fingerprint density at radius 3 is 2.78 bits per heavy atom. The summed E-state index contributed by atoms with van der Waals surface area (Å²) in [5, 5.41) is 0.569. The molecule has 0 fully saturated rings. The van der Waals surface area contributed by atoms with Gasteiger partial charge in [0.15, 0.2) is 16.3 Å². The van der Waals surface area contributed by atoms with E-state index in [9.17, 15) is 4.79 Å². The standard InChI is InChI=1S/C16H21N3O3S/c1-3-4-5-18(2)6-7-19-15(20)11-8-13-14(22-10-21-13)9-12(11)17-16(19)23/h8-9H,3-7,10H2,1-2H3,(H,17,23). The van der Waals surface area contributed by atoms with Crippen LogP contribution in [0.1, 0.15) is 19.8 Å². The molecule has 1 aliphatic rings. The second kappa shape index (κ2) is 6.72. The third-order valence-electron chi connectivity index (χ3n) is 4.07. The van der Waals surface area contributed by atoms with Crippen molar-refractivity contribution in [1.82, 2.24) is 14.5 Å². The summed E-state index contributed by atoms with van der Waals surface area (Å²) in [5.74, 6) is 1.24. The highest BCUT2D eigenvalue weighted by Crippen LogP contribution is 2.34. The van der Waals surface area contributed by atoms with Gasteiger partial charge < -0.3 is 19.4 Å². The van der Waals surface area contributed by atoms with Crippen LogP contribution in [-0.2, 0) is 6.54 Å². The van der Waals surface area contributed by atoms with Crippen LogP contribution in [0.2, 0.25) is 0 Å². The molecule has 0 unspecified atom stereocenters. The van der Waals surface area contributed by atoms with Gasteiger partial charge in [0.1, 0.15) is 0 Å². The highest BCUT2D eigenvalue weighted by atomic mass is 32.1. The Morgan fingerprint density at radius 1 is 1.30 bits per heavy atom. The SMILES string of the molecule is CCCCN(C)CCn1c(=S)[nH]c2cc3c(cc2c1=O)OCO3. The molecule has 0 atom stereocenters. The molecule has 0 bridgehead atoms. The van der Waals surface area contributed by atoms with Crippen LogP contribution >= 0.6 is 12.2 Å². The summed E-state index contributed by atoms with van der Waals surface area (Å²) in [6.45, 7) is 4.73. The van der Waals surface area contributed by atoms with Gasteiger partial charge in [0.2, 0.25) is 6.79 Å². The van der Waals surface area contributed by atoms with Gasteiger partial charge in [-0.15, -0.1) is 0 Å². The second-order valence-electron chi connectivity index (χ2n) is 5.79. The van der Waals surface area contributed by atoms with Gasteiger partial charge >= 0.3 is 0 Å². The maximum Gasteiger partial charge on any atom is 0.262 e. The van der Waals surface area contributed by atoms with Gasteiger partial charge in [-0.25, -0.2) is 0 Å². The fourth-order valence-electron chi connectivity index (χ4n) is 2.66. The molecule has 0 spiro atoms. The first-order valence-electron chi connectivity index (χ1n) is 7.85. The van der Waals surface area contributed by atoms with E-state index in [1.165, 1.54) is 0 Å². The number of fused-ring (bicyclic) bond motifs is 2. The number of ether oxygens (including phenoxy) is 2. The second-order valence-corrected chi connectivity index (χ2v) is 6.18. The lowest BCUT2D eigenvalue weighted by atomic mass is 10.2. The normalized spacial score (nSPS) is 13.2. The zero-order valence-corrected chi connectivity index (χ0v) is 14.2. The van der Waals surface area contributed by atoms with Crippen LogP contribution in [-0.4, -0.2) is 41.4 Å². The number of unbranched alkanes of at least 4 members (excludes halogenated alkanes) is 1. The van der Waals surface area contributed by atoms with Gasteiger partial charge in [0.05, 0.1) is 10.9 Å². The van der Waals surface area contributed by atoms with Crippen LogP contribution in [0.25, 0.3) is 10.9 Å². The van der Waals surface area contributed by atoms with Crippen molar-refractivity contribution in [3.8, 4) is 11.5 Å². The van der Waals surface area contributed by atoms with Gasteiger partial charge in [0.25, 0.3) is 5.56 Å². The third-order valence-corrected chi connectivity index (χ3v) is 4.40. The van der Waals surface area contributed by atoms with Crippen molar-refractivity contribution in [1.29, 1.82) is 0 Å². The van der Waals surface area contributed by atoms with Crippen LogP contribution in [0.4, 0.5) is 0 Å². The minimum atomic E-state index is -0.0917. The summed E-state index contributed by atoms with van der Waals surface area (Å²) in [6.07, 6.45) is 2.31. The van der Waals surface area contributed by atoms with Crippen LogP contribution < -0.4 is 15.0 Å². The van der Waals surface area contributed by atoms with Crippen molar-refractivity contribution in [3.05, 3.63) is 27.3 Å². The molecule has 0 aliphatic carbocycles. The predicted octanol–water partition coefficient (Wildman–Crippen LogP) is 2.52. The molecule has 7 heteroatoms. The molecule has 1 N–H and O–H groups in total. The van der Waals surface area contributed by atoms with Gasteiger partial charge in [-0.2, -0.15) is 0 Å². The molecular weight excluding hydrogens is 314 g/mol. The summed E-state index contributed by atoms with van der Waals surface area (Å²) in [6, 6.07) is 3.50. The lowest BCUT2D eigenvalue weighted by Gasteiger charge is -2.17. The Hall–Kier alpha value is -1.86. The first kappa shape index (κ1) is 16.0. The molecule has 0 saturated heterocycles. The molecule has 2 heterocycles. The maximum atomic E-state index is 12.7. The summed E-state index contributed by atoms with van der Waals surface area (Å²) in [7, 11) is 2.06. The molecule has 1 aliphatic heterocycles. The number of aromatic nitrogens is 2. The van der Waals surface area contributed by atoms with Crippen molar-refractivity contribution in [2.75, 3.05) is 26.9 Å². The minimum Gasteiger partial charge on any atom is -0.454 e. The van der Waals surface area contributed by atoms with Gasteiger partial charge in [-0.3, -0.25) is 9.36 Å². The molecular formula is C16H21N3O3S. The van der Waals surface area contributed by atoms with E-state index in [4.69, 9.17) is 21.7 Å². The number of likely N-dealkylation sites (N-methyl/N-ethyl adjacent to an activating group) is 1. The van der Waals surface area contributed by atoms with E-state index in [-0.39, 0.29) is 12.4 Å². The summed E-state index contributed by atoms with van der Waals surface area (Å²) in [4.78, 5) is 18.1. The molecule has 0 saturated carbocycles. The monoisotopic (exact) mass is 335 g/mol. The third kappa shape index (κ3) is 3.25. The van der Waals surface area contributed by atoms with Gasteiger partial charge in [-0.05, 0) is 38.3 Å². The van der Waals surface area contributed by atoms with Crippen LogP contribution in [0.15, 0.2) is 16.9 Å². The number of aromatic amines is 1. The number of H-pyrrole nitrogens is 1. The van der Waals surface area contributed by atoms with Crippen molar-refractivity contribution in [2.45, 2.75) is 26.3 Å². The first-order valence-corrected chi connectivity index (χ1v) is 8.26. The topological polar surface area (TPSA) is 59.5 Å². The molecule has 2 aromatic rings. The zero-order chi connectivity index (χ0) is 16.4. The fourth-order valence-corrected chi connectivity index (χ4v) is 2.94. The summed E-state index contributed by atoms with van der Waals surface area (Å²) in [5.41, 5.74) is 0.589. The molecule has 1 aromatic heterocycles. The zero-order valence-electron chi connectivity index (χ0n) is 13.4. The number of hydrogen-bond donors (Lipinski definition) is 1. The van der Waals surface area contributed by atoms with E-state index in [1.807, 2.05) is 0 Å². The largest absolute Gasteiger partial charge is 0.454 e. The van der Waals surface area contributed by atoms with Crippen molar-refractivity contribution in [3.63, 3.8) is 0 Å². The Bertz CT molecular complexity index is 828. The minimum absolute atomic E-state index is 0.0917. The van der Waals surface area contributed by atoms with E-state index >= 15 is 0 Å². The molecule has 0 radical (unpaired) electrons. The van der Waals surface area contributed by atoms with Crippen molar-refractivity contribution < 1.29 is 9.47 Å². The molecule has 3 rings (SSSR count). The maximum absolute atomic E-state index is 12.7. The van der Waals surface area contributed by atoms with Crippen LogP contribution in [0.3, 0.4) is 0 Å². The first-order chi connectivity index (χ1) is 11.1. The Morgan fingerprint density at radius 2 is 2.04 bits per heavy atom. The molecule has 0 amide bonds. The van der Waals surface area contributed by atoms with Crippen molar-refractivity contribution in [2.24, 2.45) is 0 Å². The average Bonchev–Trinajstić information content (AvgIpc) is 2.98. The quantitative estimate of drug-likeness (QED) is 0.822. The molecule has 6 nitrogen and oxygen atoms in total. The summed E-state index contributed by atoms with van der Waals surface area (Å²) < 4.78 is 12.7. The lowest BCUT2D eigenvalue weighted by Crippen LogP contribution is -2.30. The average molecular weight is 335 g/mol. The van der Waals surface area contributed by atoms with Crippen LogP contribution in [0, 0.1) is 4.77 Å². The van der Waals surface area contributed by atoms with Crippen molar-refractivity contribution >= 4 is 23.1 Å². The molecule has 23 heavy (non-hydrogen) atoms. The number of nitrogens with one attached hydrogen (secondary N) is 1. The van der Waals surface area contributed by atoms with E-state index in [2.05, 4.69) is 23.9 Å². The highest BCUT2D eigenvalue weighted by Gasteiger charge is 2.17. The van der Waals surface area contributed by atoms with Gasteiger partial charge in [0, 0.05) is 19.2 Å². The Kier molecular flexibility index (Phi) is 4.68. The number of nitrogens with zero attached hydrogens (tertiary/aromatic N) is 2. The number of hydrogen-bond acceptors (Lipinski definition) is 5. The van der Waals surface area contributed by atoms with Gasteiger partial charge in [-0.1, -0.05) is 13.3 Å². The molecule has 124 valence electrons. The number of benzene rings is 1. The van der Waals surface area contributed by atoms with E-state index in [0.717, 1.165) is 25.9 Å². The Labute approximate surface area is 139 Å². The van der Waals surface area contributed by atoms with E-state index in [1.54, 1.807) is 16.7 Å². The van der Waals surface area contributed by atoms with E-state index in [0.29, 0.717) is 33.7 Å². The Balaban J connectivity index is 1.90. The highest BCUT2D eigenvalue weighted by molar-refractivity contribution is 7.71. The lowest BCUT2D eigenvalue weighted by molar-refractivity contribution is 0.174. The smallest absolute Gasteiger partial charge is 0.262 e.